The lowest BCUT2D eigenvalue weighted by Gasteiger charge is -2.22. The lowest BCUT2D eigenvalue weighted by atomic mass is 10.1. The molecule has 0 radical (unpaired) electrons. The number of nitrogens with two attached hydrogens (primary N) is 1. The summed E-state index contributed by atoms with van der Waals surface area (Å²) in [5, 5.41) is 7.92. The molecule has 0 saturated heterocycles. The second kappa shape index (κ2) is 3.96. The molecule has 1 aromatic heterocycles. The van der Waals surface area contributed by atoms with Gasteiger partial charge in [0.2, 0.25) is 0 Å². The van der Waals surface area contributed by atoms with Crippen LogP contribution < -0.4 is 5.73 Å². The van der Waals surface area contributed by atoms with Crippen molar-refractivity contribution in [2.45, 2.75) is 26.0 Å². The van der Waals surface area contributed by atoms with Crippen molar-refractivity contribution in [2.75, 3.05) is 12.8 Å². The maximum Gasteiger partial charge on any atom is 0.148 e. The number of nitrogen functional groups attached to an aromatic ring is 1. The Hall–Kier alpha value is -1.69. The zero-order valence-electron chi connectivity index (χ0n) is 10.1. The summed E-state index contributed by atoms with van der Waals surface area (Å²) in [5.74, 6) is -0.462. The van der Waals surface area contributed by atoms with Gasteiger partial charge >= 0.3 is 0 Å². The van der Waals surface area contributed by atoms with Gasteiger partial charge in [-0.25, -0.2) is 9.07 Å². The van der Waals surface area contributed by atoms with Crippen LogP contribution in [-0.4, -0.2) is 27.7 Å². The van der Waals surface area contributed by atoms with Crippen molar-refractivity contribution in [3.8, 4) is 0 Å². The van der Waals surface area contributed by atoms with E-state index in [4.69, 9.17) is 10.5 Å². The molecule has 0 atom stereocenters. The first-order valence-corrected chi connectivity index (χ1v) is 5.26. The van der Waals surface area contributed by atoms with E-state index in [0.717, 1.165) is 0 Å². The second-order valence-corrected chi connectivity index (χ2v) is 4.57. The van der Waals surface area contributed by atoms with Crippen molar-refractivity contribution in [2.24, 2.45) is 0 Å². The van der Waals surface area contributed by atoms with Crippen LogP contribution in [0.3, 0.4) is 0 Å². The summed E-state index contributed by atoms with van der Waals surface area (Å²) < 4.78 is 20.3. The Labute approximate surface area is 98.4 Å². The number of hydrogen-bond acceptors (Lipinski definition) is 4. The lowest BCUT2D eigenvalue weighted by molar-refractivity contribution is 0.00600. The van der Waals surface area contributed by atoms with Gasteiger partial charge < -0.3 is 10.5 Å². The molecule has 0 fully saturated rings. The first kappa shape index (κ1) is 11.8. The summed E-state index contributed by atoms with van der Waals surface area (Å²) >= 11 is 0. The smallest absolute Gasteiger partial charge is 0.148 e. The van der Waals surface area contributed by atoms with Crippen LogP contribution in [0.2, 0.25) is 0 Å². The molecule has 92 valence electrons. The molecule has 5 nitrogen and oxygen atoms in total. The minimum atomic E-state index is -0.462. The highest BCUT2D eigenvalue weighted by Crippen LogP contribution is 2.20. The average Bonchev–Trinajstić information content (AvgIpc) is 2.62. The monoisotopic (exact) mass is 238 g/mol. The first-order chi connectivity index (χ1) is 7.93. The van der Waals surface area contributed by atoms with Crippen molar-refractivity contribution in [1.82, 2.24) is 15.0 Å². The number of benzene rings is 1. The van der Waals surface area contributed by atoms with E-state index in [0.29, 0.717) is 17.6 Å². The molecule has 0 aliphatic heterocycles. The fourth-order valence-corrected chi connectivity index (χ4v) is 1.55. The van der Waals surface area contributed by atoms with E-state index in [1.807, 2.05) is 13.8 Å². The van der Waals surface area contributed by atoms with Gasteiger partial charge in [0.25, 0.3) is 0 Å². The van der Waals surface area contributed by atoms with Gasteiger partial charge in [-0.3, -0.25) is 0 Å². The molecule has 0 amide bonds. The van der Waals surface area contributed by atoms with E-state index in [-0.39, 0.29) is 5.69 Å². The van der Waals surface area contributed by atoms with Gasteiger partial charge in [0.15, 0.2) is 0 Å². The number of fused-ring (bicyclic) bond motifs is 1. The number of hydrogen-bond donors (Lipinski definition) is 1. The third kappa shape index (κ3) is 2.21. The summed E-state index contributed by atoms with van der Waals surface area (Å²) in [6.45, 7) is 4.34. The van der Waals surface area contributed by atoms with E-state index in [2.05, 4.69) is 10.3 Å². The Morgan fingerprint density at radius 1 is 1.47 bits per heavy atom. The van der Waals surface area contributed by atoms with Crippen LogP contribution in [0.5, 0.6) is 0 Å². The Morgan fingerprint density at radius 2 is 2.18 bits per heavy atom. The molecule has 0 bridgehead atoms. The highest BCUT2D eigenvalue weighted by atomic mass is 19.1. The maximum atomic E-state index is 13.4. The Kier molecular flexibility index (Phi) is 2.74. The average molecular weight is 238 g/mol. The minimum Gasteiger partial charge on any atom is -0.396 e. The van der Waals surface area contributed by atoms with Crippen LogP contribution in [0.4, 0.5) is 10.1 Å². The van der Waals surface area contributed by atoms with Gasteiger partial charge in [0.1, 0.15) is 11.3 Å². The molecule has 2 rings (SSSR count). The Balaban J connectivity index is 2.46. The summed E-state index contributed by atoms with van der Waals surface area (Å²) in [5.41, 5.74) is 6.35. The maximum absolute atomic E-state index is 13.4. The lowest BCUT2D eigenvalue weighted by Crippen LogP contribution is -2.29. The quantitative estimate of drug-likeness (QED) is 0.824. The third-order valence-electron chi connectivity index (χ3n) is 2.72. The Morgan fingerprint density at radius 3 is 2.82 bits per heavy atom. The molecule has 0 aliphatic carbocycles. The van der Waals surface area contributed by atoms with Gasteiger partial charge in [0, 0.05) is 13.2 Å². The second-order valence-electron chi connectivity index (χ2n) is 4.57. The predicted octanol–water partition coefficient (Wildman–Crippen LogP) is 1.58. The molecular weight excluding hydrogens is 223 g/mol. The van der Waals surface area contributed by atoms with Crippen LogP contribution >= 0.6 is 0 Å². The molecule has 0 aliphatic rings. The van der Waals surface area contributed by atoms with E-state index in [9.17, 15) is 4.39 Å². The number of methoxy groups -OCH3 is 1. The molecule has 1 heterocycles. The first-order valence-electron chi connectivity index (χ1n) is 5.26. The number of aromatic nitrogens is 3. The van der Waals surface area contributed by atoms with Gasteiger partial charge in [-0.2, -0.15) is 0 Å². The number of ether oxygens (including phenoxy) is 1. The van der Waals surface area contributed by atoms with Crippen molar-refractivity contribution in [3.05, 3.63) is 17.9 Å². The predicted molar refractivity (Wildman–Crippen MR) is 63.0 cm³/mol. The van der Waals surface area contributed by atoms with Gasteiger partial charge in [-0.1, -0.05) is 5.21 Å². The molecule has 17 heavy (non-hydrogen) atoms. The van der Waals surface area contributed by atoms with Crippen LogP contribution in [0.15, 0.2) is 12.1 Å². The van der Waals surface area contributed by atoms with Crippen LogP contribution in [0.25, 0.3) is 11.0 Å². The van der Waals surface area contributed by atoms with E-state index in [1.54, 1.807) is 11.8 Å². The minimum absolute atomic E-state index is 0.0792. The van der Waals surface area contributed by atoms with Crippen LogP contribution in [0.1, 0.15) is 13.8 Å². The number of halogens is 1. The highest BCUT2D eigenvalue weighted by molar-refractivity contribution is 5.78. The summed E-state index contributed by atoms with van der Waals surface area (Å²) in [4.78, 5) is 0. The fraction of sp³-hybridized carbons (Fsp3) is 0.455. The molecule has 0 saturated carbocycles. The van der Waals surface area contributed by atoms with Gasteiger partial charge in [-0.15, -0.1) is 5.10 Å². The molecule has 2 N–H and O–H groups in total. The van der Waals surface area contributed by atoms with E-state index < -0.39 is 11.4 Å². The van der Waals surface area contributed by atoms with Crippen molar-refractivity contribution < 1.29 is 9.13 Å². The molecule has 2 aromatic rings. The molecular formula is C11H15FN4O. The van der Waals surface area contributed by atoms with Crippen molar-refractivity contribution >= 4 is 16.7 Å². The van der Waals surface area contributed by atoms with Gasteiger partial charge in [-0.05, 0) is 19.9 Å². The zero-order chi connectivity index (χ0) is 12.6. The highest BCUT2D eigenvalue weighted by Gasteiger charge is 2.20. The van der Waals surface area contributed by atoms with Crippen molar-refractivity contribution in [1.29, 1.82) is 0 Å². The van der Waals surface area contributed by atoms with E-state index in [1.165, 1.54) is 12.1 Å². The summed E-state index contributed by atoms with van der Waals surface area (Å²) in [6, 6.07) is 2.82. The molecule has 0 spiro atoms. The number of anilines is 1. The number of nitrogens with zero attached hydrogens (tertiary/aromatic N) is 3. The Bertz CT molecular complexity index is 550. The SMILES string of the molecule is COC(C)(C)Cn1nnc2cc(N)c(F)cc21. The van der Waals surface area contributed by atoms with Crippen molar-refractivity contribution in [3.63, 3.8) is 0 Å². The topological polar surface area (TPSA) is 66.0 Å². The molecule has 6 heteroatoms. The van der Waals surface area contributed by atoms with Crippen LogP contribution in [-0.2, 0) is 11.3 Å². The van der Waals surface area contributed by atoms with Gasteiger partial charge in [0.05, 0.1) is 23.3 Å². The summed E-state index contributed by atoms with van der Waals surface area (Å²) in [7, 11) is 1.62. The largest absolute Gasteiger partial charge is 0.396 e. The summed E-state index contributed by atoms with van der Waals surface area (Å²) in [6.07, 6.45) is 0. The zero-order valence-corrected chi connectivity index (χ0v) is 10.1. The standard InChI is InChI=1S/C11H15FN4O/c1-11(2,17-3)6-16-10-4-7(12)8(13)5-9(10)14-15-16/h4-5H,6,13H2,1-3H3. The molecule has 0 unspecified atom stereocenters. The normalized spacial score (nSPS) is 12.2. The van der Waals surface area contributed by atoms with E-state index >= 15 is 0 Å². The third-order valence-corrected chi connectivity index (χ3v) is 2.72. The molecule has 1 aromatic carbocycles. The van der Waals surface area contributed by atoms with Crippen LogP contribution in [0, 0.1) is 5.82 Å². The fourth-order valence-electron chi connectivity index (χ4n) is 1.55. The number of rotatable bonds is 3.